The molecule has 0 aliphatic rings. The Morgan fingerprint density at radius 1 is 0.444 bits per heavy atom. The van der Waals surface area contributed by atoms with Gasteiger partial charge in [-0.15, -0.1) is 0 Å². The molecule has 0 aromatic carbocycles. The zero-order valence-electron chi connectivity index (χ0n) is 19.4. The van der Waals surface area contributed by atoms with Crippen molar-refractivity contribution < 1.29 is 15.3 Å². The summed E-state index contributed by atoms with van der Waals surface area (Å²) in [6, 6.07) is 0. The molecule has 0 saturated heterocycles. The fourth-order valence-electron chi connectivity index (χ4n) is 2.63. The van der Waals surface area contributed by atoms with E-state index in [1.165, 1.54) is 83.5 Å². The summed E-state index contributed by atoms with van der Waals surface area (Å²) in [6.07, 6.45) is 19.7. The highest BCUT2D eigenvalue weighted by atomic mass is 16.3. The molecule has 0 bridgehead atoms. The van der Waals surface area contributed by atoms with Crippen molar-refractivity contribution in [1.29, 1.82) is 0 Å². The molecule has 168 valence electrons. The van der Waals surface area contributed by atoms with Gasteiger partial charge in [0, 0.05) is 19.8 Å². The van der Waals surface area contributed by atoms with E-state index in [4.69, 9.17) is 15.3 Å². The first kappa shape index (κ1) is 31.6. The Kier molecular flexibility index (Phi) is 39.1. The lowest BCUT2D eigenvalue weighted by molar-refractivity contribution is 0.281. The van der Waals surface area contributed by atoms with E-state index in [9.17, 15) is 0 Å². The minimum absolute atomic E-state index is 0.359. The number of aliphatic hydroxyl groups is 3. The van der Waals surface area contributed by atoms with Gasteiger partial charge in [0.05, 0.1) is 0 Å². The van der Waals surface area contributed by atoms with Crippen molar-refractivity contribution in [1.82, 2.24) is 0 Å². The number of hydrogen-bond donors (Lipinski definition) is 3. The van der Waals surface area contributed by atoms with Crippen molar-refractivity contribution in [3.05, 3.63) is 0 Å². The summed E-state index contributed by atoms with van der Waals surface area (Å²) < 4.78 is 0. The molecule has 0 amide bonds. The summed E-state index contributed by atoms with van der Waals surface area (Å²) in [4.78, 5) is 0. The third-order valence-electron chi connectivity index (χ3n) is 4.46. The van der Waals surface area contributed by atoms with Crippen LogP contribution in [0, 0.1) is 5.92 Å². The van der Waals surface area contributed by atoms with E-state index in [0.717, 1.165) is 25.2 Å². The molecule has 0 unspecified atom stereocenters. The van der Waals surface area contributed by atoms with Gasteiger partial charge in [0.1, 0.15) is 0 Å². The second-order valence-corrected chi connectivity index (χ2v) is 7.95. The van der Waals surface area contributed by atoms with Gasteiger partial charge in [0.25, 0.3) is 0 Å². The molecule has 0 atom stereocenters. The average Bonchev–Trinajstić information content (AvgIpc) is 2.66. The van der Waals surface area contributed by atoms with Crippen LogP contribution in [-0.2, 0) is 0 Å². The van der Waals surface area contributed by atoms with E-state index in [2.05, 4.69) is 27.7 Å². The van der Waals surface area contributed by atoms with E-state index < -0.39 is 0 Å². The highest BCUT2D eigenvalue weighted by Crippen LogP contribution is 2.07. The molecule has 3 heteroatoms. The van der Waals surface area contributed by atoms with Crippen molar-refractivity contribution in [2.75, 3.05) is 19.8 Å². The monoisotopic (exact) mass is 390 g/mol. The molecule has 0 rings (SSSR count). The predicted molar refractivity (Wildman–Crippen MR) is 121 cm³/mol. The lowest BCUT2D eigenvalue weighted by Gasteiger charge is -2.01. The number of hydrogen-bond acceptors (Lipinski definition) is 3. The van der Waals surface area contributed by atoms with Gasteiger partial charge in [-0.3, -0.25) is 0 Å². The van der Waals surface area contributed by atoms with Crippen molar-refractivity contribution in [3.63, 3.8) is 0 Å². The number of aliphatic hydroxyl groups excluding tert-OH is 3. The van der Waals surface area contributed by atoms with Gasteiger partial charge >= 0.3 is 0 Å². The van der Waals surface area contributed by atoms with Crippen LogP contribution < -0.4 is 0 Å². The third-order valence-corrected chi connectivity index (χ3v) is 4.46. The second kappa shape index (κ2) is 33.5. The van der Waals surface area contributed by atoms with Crippen LogP contribution >= 0.6 is 0 Å². The SMILES string of the molecule is CC(C)CCCCCO.CCCCCCCCO.CCCCCCCCO. The summed E-state index contributed by atoms with van der Waals surface area (Å²) in [6.45, 7) is 9.99. The van der Waals surface area contributed by atoms with Gasteiger partial charge in [0.2, 0.25) is 0 Å². The van der Waals surface area contributed by atoms with E-state index in [-0.39, 0.29) is 0 Å². The van der Waals surface area contributed by atoms with Crippen LogP contribution in [0.4, 0.5) is 0 Å². The molecule has 3 N–H and O–H groups in total. The number of unbranched alkanes of at least 4 members (excludes halogenated alkanes) is 12. The molecule has 0 aliphatic carbocycles. The maximum absolute atomic E-state index is 8.43. The molecule has 3 nitrogen and oxygen atoms in total. The van der Waals surface area contributed by atoms with Crippen molar-refractivity contribution in [2.45, 2.75) is 130 Å². The highest BCUT2D eigenvalue weighted by Gasteiger charge is 1.92. The van der Waals surface area contributed by atoms with E-state index in [1.54, 1.807) is 0 Å². The maximum atomic E-state index is 8.43. The summed E-state index contributed by atoms with van der Waals surface area (Å²) in [5, 5.41) is 25.3. The van der Waals surface area contributed by atoms with Gasteiger partial charge in [-0.2, -0.15) is 0 Å². The smallest absolute Gasteiger partial charge is 0.0431 e. The summed E-state index contributed by atoms with van der Waals surface area (Å²) in [5.74, 6) is 0.823. The molecule has 0 aliphatic heterocycles. The van der Waals surface area contributed by atoms with Gasteiger partial charge in [0.15, 0.2) is 0 Å². The van der Waals surface area contributed by atoms with E-state index in [1.807, 2.05) is 0 Å². The Balaban J connectivity index is -0.000000320. The molecule has 0 aromatic heterocycles. The normalized spacial score (nSPS) is 10.2. The fraction of sp³-hybridized carbons (Fsp3) is 1.00. The van der Waals surface area contributed by atoms with Crippen LogP contribution in [0.2, 0.25) is 0 Å². The van der Waals surface area contributed by atoms with Crippen LogP contribution in [0.15, 0.2) is 0 Å². The first-order valence-electron chi connectivity index (χ1n) is 11.9. The Labute approximate surface area is 172 Å². The molecule has 0 saturated carbocycles. The lowest BCUT2D eigenvalue weighted by atomic mass is 10.1. The molecule has 0 radical (unpaired) electrons. The van der Waals surface area contributed by atoms with Gasteiger partial charge in [-0.05, 0) is 25.2 Å². The van der Waals surface area contributed by atoms with E-state index >= 15 is 0 Å². The summed E-state index contributed by atoms with van der Waals surface area (Å²) in [5.41, 5.74) is 0. The van der Waals surface area contributed by atoms with Gasteiger partial charge in [-0.1, -0.05) is 111 Å². The van der Waals surface area contributed by atoms with Crippen LogP contribution in [0.1, 0.15) is 130 Å². The first-order valence-corrected chi connectivity index (χ1v) is 11.9. The van der Waals surface area contributed by atoms with Crippen LogP contribution in [-0.4, -0.2) is 35.1 Å². The van der Waals surface area contributed by atoms with Crippen molar-refractivity contribution in [3.8, 4) is 0 Å². The summed E-state index contributed by atoms with van der Waals surface area (Å²) >= 11 is 0. The Morgan fingerprint density at radius 3 is 1.04 bits per heavy atom. The standard InChI is InChI=1S/3C8H18O/c1-8(2)6-4-3-5-7-9;2*1-2-3-4-5-6-7-8-9/h8-9H,3-7H2,1-2H3;2*9H,2-8H2,1H3. The minimum Gasteiger partial charge on any atom is -0.396 e. The largest absolute Gasteiger partial charge is 0.396 e. The summed E-state index contributed by atoms with van der Waals surface area (Å²) in [7, 11) is 0. The maximum Gasteiger partial charge on any atom is 0.0431 e. The average molecular weight is 391 g/mol. The van der Waals surface area contributed by atoms with Crippen molar-refractivity contribution in [2.24, 2.45) is 5.92 Å². The van der Waals surface area contributed by atoms with Crippen molar-refractivity contribution >= 4 is 0 Å². The molecular weight excluding hydrogens is 336 g/mol. The Bertz CT molecular complexity index is 182. The fourth-order valence-corrected chi connectivity index (χ4v) is 2.63. The molecule has 0 spiro atoms. The lowest BCUT2D eigenvalue weighted by Crippen LogP contribution is -1.88. The molecule has 0 heterocycles. The third kappa shape index (κ3) is 46.2. The Hall–Kier alpha value is -0.120. The predicted octanol–water partition coefficient (Wildman–Crippen LogP) is 6.87. The van der Waals surface area contributed by atoms with Crippen LogP contribution in [0.5, 0.6) is 0 Å². The highest BCUT2D eigenvalue weighted by molar-refractivity contribution is 4.46. The van der Waals surface area contributed by atoms with Gasteiger partial charge in [-0.25, -0.2) is 0 Å². The van der Waals surface area contributed by atoms with E-state index in [0.29, 0.717) is 19.8 Å². The topological polar surface area (TPSA) is 60.7 Å². The van der Waals surface area contributed by atoms with Crippen LogP contribution in [0.3, 0.4) is 0 Å². The van der Waals surface area contributed by atoms with Gasteiger partial charge < -0.3 is 15.3 Å². The quantitative estimate of drug-likeness (QED) is 0.237. The second-order valence-electron chi connectivity index (χ2n) is 7.95. The molecule has 0 aromatic rings. The van der Waals surface area contributed by atoms with Crippen LogP contribution in [0.25, 0.3) is 0 Å². The Morgan fingerprint density at radius 2 is 0.741 bits per heavy atom. The minimum atomic E-state index is 0.359. The molecular formula is C24H54O3. The first-order chi connectivity index (χ1) is 13.1. The zero-order valence-corrected chi connectivity index (χ0v) is 19.4. The number of rotatable bonds is 17. The molecule has 0 fully saturated rings. The zero-order chi connectivity index (χ0) is 21.0. The molecule has 27 heavy (non-hydrogen) atoms.